The summed E-state index contributed by atoms with van der Waals surface area (Å²) in [4.78, 5) is 11.4. The van der Waals surface area contributed by atoms with Gasteiger partial charge in [0.2, 0.25) is 0 Å². The maximum atomic E-state index is 13.2. The second kappa shape index (κ2) is 5.85. The molecule has 1 aromatic rings. The molecule has 0 saturated heterocycles. The summed E-state index contributed by atoms with van der Waals surface area (Å²) in [5.74, 6) is 0.822. The Bertz CT molecular complexity index is 454. The summed E-state index contributed by atoms with van der Waals surface area (Å²) >= 11 is 0. The van der Waals surface area contributed by atoms with Crippen LogP contribution in [0, 0.1) is 24.0 Å². The molecule has 0 aliphatic carbocycles. The van der Waals surface area contributed by atoms with Gasteiger partial charge in [-0.05, 0) is 18.6 Å². The van der Waals surface area contributed by atoms with Gasteiger partial charge in [0, 0.05) is 6.07 Å². The lowest BCUT2D eigenvalue weighted by atomic mass is 10.2. The Hall–Kier alpha value is -2.09. The summed E-state index contributed by atoms with van der Waals surface area (Å²) in [7, 11) is 0. The first kappa shape index (κ1) is 13.0. The van der Waals surface area contributed by atoms with Crippen molar-refractivity contribution in [3.05, 3.63) is 29.8 Å². The summed E-state index contributed by atoms with van der Waals surface area (Å²) in [5, 5.41) is 4.71. The van der Waals surface area contributed by atoms with Crippen molar-refractivity contribution < 1.29 is 13.6 Å². The van der Waals surface area contributed by atoms with E-state index in [1.807, 2.05) is 6.92 Å². The number of terminal acetylenes is 1. The maximum absolute atomic E-state index is 13.2. The van der Waals surface area contributed by atoms with Gasteiger partial charge in [-0.25, -0.2) is 13.6 Å². The lowest BCUT2D eigenvalue weighted by Crippen LogP contribution is -2.36. The van der Waals surface area contributed by atoms with Gasteiger partial charge in [-0.1, -0.05) is 12.8 Å². The Kier molecular flexibility index (Phi) is 4.46. The molecule has 0 spiro atoms. The van der Waals surface area contributed by atoms with Crippen LogP contribution in [0.25, 0.3) is 0 Å². The number of benzene rings is 1. The van der Waals surface area contributed by atoms with Crippen molar-refractivity contribution in [2.45, 2.75) is 19.4 Å². The Labute approximate surface area is 98.2 Å². The van der Waals surface area contributed by atoms with Crippen LogP contribution in [-0.4, -0.2) is 12.1 Å². The highest BCUT2D eigenvalue weighted by Crippen LogP contribution is 2.14. The number of amides is 2. The van der Waals surface area contributed by atoms with E-state index in [-0.39, 0.29) is 5.69 Å². The molecular formula is C12H12F2N2O. The van der Waals surface area contributed by atoms with Crippen molar-refractivity contribution in [2.24, 2.45) is 0 Å². The van der Waals surface area contributed by atoms with E-state index in [4.69, 9.17) is 6.42 Å². The van der Waals surface area contributed by atoms with Gasteiger partial charge in [0.25, 0.3) is 0 Å². The number of anilines is 1. The average molecular weight is 238 g/mol. The normalized spacial score (nSPS) is 11.4. The van der Waals surface area contributed by atoms with Gasteiger partial charge in [-0.15, -0.1) is 6.42 Å². The predicted octanol–water partition coefficient (Wildman–Crippen LogP) is 2.50. The zero-order valence-corrected chi connectivity index (χ0v) is 9.26. The molecule has 0 bridgehead atoms. The fourth-order valence-electron chi connectivity index (χ4n) is 1.17. The van der Waals surface area contributed by atoms with E-state index in [1.54, 1.807) is 0 Å². The molecule has 3 nitrogen and oxygen atoms in total. The fourth-order valence-corrected chi connectivity index (χ4v) is 1.17. The molecule has 0 aliphatic rings. The highest BCUT2D eigenvalue weighted by Gasteiger charge is 2.10. The van der Waals surface area contributed by atoms with Crippen LogP contribution in [0.1, 0.15) is 13.3 Å². The Morgan fingerprint density at radius 2 is 2.24 bits per heavy atom. The van der Waals surface area contributed by atoms with Gasteiger partial charge < -0.3 is 10.6 Å². The van der Waals surface area contributed by atoms with Gasteiger partial charge in [-0.2, -0.15) is 0 Å². The maximum Gasteiger partial charge on any atom is 0.320 e. The van der Waals surface area contributed by atoms with Crippen molar-refractivity contribution in [2.75, 3.05) is 5.32 Å². The van der Waals surface area contributed by atoms with Crippen LogP contribution < -0.4 is 10.6 Å². The summed E-state index contributed by atoms with van der Waals surface area (Å²) in [6, 6.07) is 1.84. The Morgan fingerprint density at radius 3 is 2.76 bits per heavy atom. The van der Waals surface area contributed by atoms with Gasteiger partial charge >= 0.3 is 6.03 Å². The van der Waals surface area contributed by atoms with Crippen molar-refractivity contribution in [1.82, 2.24) is 5.32 Å². The van der Waals surface area contributed by atoms with E-state index in [0.29, 0.717) is 12.5 Å². The first-order valence-electron chi connectivity index (χ1n) is 5.05. The summed E-state index contributed by atoms with van der Waals surface area (Å²) < 4.78 is 25.8. The van der Waals surface area contributed by atoms with E-state index in [0.717, 1.165) is 12.1 Å². The van der Waals surface area contributed by atoms with Crippen LogP contribution >= 0.6 is 0 Å². The second-order valence-corrected chi connectivity index (χ2v) is 3.35. The molecule has 2 N–H and O–H groups in total. The Balaban J connectivity index is 2.66. The number of carbonyl (C=O) groups is 1. The number of hydrogen-bond donors (Lipinski definition) is 2. The number of halogens is 2. The molecule has 17 heavy (non-hydrogen) atoms. The van der Waals surface area contributed by atoms with Crippen LogP contribution in [0.4, 0.5) is 19.3 Å². The molecule has 90 valence electrons. The molecule has 0 fully saturated rings. The standard InChI is InChI=1S/C12H12F2N2O/c1-3-9(4-2)15-12(17)16-11-6-5-8(13)7-10(11)14/h1,5-7,9H,4H2,2H3,(H2,15,16,17). The predicted molar refractivity (Wildman–Crippen MR) is 61.4 cm³/mol. The summed E-state index contributed by atoms with van der Waals surface area (Å²) in [6.45, 7) is 1.81. The van der Waals surface area contributed by atoms with Gasteiger partial charge in [0.05, 0.1) is 11.7 Å². The number of hydrogen-bond acceptors (Lipinski definition) is 1. The second-order valence-electron chi connectivity index (χ2n) is 3.35. The fraction of sp³-hybridized carbons (Fsp3) is 0.250. The minimum Gasteiger partial charge on any atom is -0.324 e. The quantitative estimate of drug-likeness (QED) is 0.780. The molecule has 0 saturated carbocycles. The molecule has 1 atom stereocenters. The third-order valence-corrected chi connectivity index (χ3v) is 2.09. The molecule has 0 aromatic heterocycles. The first-order valence-corrected chi connectivity index (χ1v) is 5.05. The number of urea groups is 1. The number of carbonyl (C=O) groups excluding carboxylic acids is 1. The third kappa shape index (κ3) is 3.76. The lowest BCUT2D eigenvalue weighted by Gasteiger charge is -2.12. The number of rotatable bonds is 3. The Morgan fingerprint density at radius 1 is 1.53 bits per heavy atom. The molecule has 1 rings (SSSR count). The van der Waals surface area contributed by atoms with Gasteiger partial charge in [0.15, 0.2) is 0 Å². The van der Waals surface area contributed by atoms with Crippen LogP contribution in [0.3, 0.4) is 0 Å². The van der Waals surface area contributed by atoms with Gasteiger partial charge in [-0.3, -0.25) is 0 Å². The van der Waals surface area contributed by atoms with E-state index >= 15 is 0 Å². The molecule has 0 heterocycles. The first-order chi connectivity index (χ1) is 8.06. The number of nitrogens with one attached hydrogen (secondary N) is 2. The lowest BCUT2D eigenvalue weighted by molar-refractivity contribution is 0.250. The van der Waals surface area contributed by atoms with Crippen molar-refractivity contribution in [3.63, 3.8) is 0 Å². The average Bonchev–Trinajstić information content (AvgIpc) is 2.29. The molecule has 1 unspecified atom stereocenters. The molecule has 0 radical (unpaired) electrons. The van der Waals surface area contributed by atoms with E-state index in [2.05, 4.69) is 16.6 Å². The molecule has 5 heteroatoms. The van der Waals surface area contributed by atoms with E-state index in [1.165, 1.54) is 0 Å². The highest BCUT2D eigenvalue weighted by molar-refractivity contribution is 5.89. The molecular weight excluding hydrogens is 226 g/mol. The van der Waals surface area contributed by atoms with Crippen LogP contribution in [-0.2, 0) is 0 Å². The minimum absolute atomic E-state index is 0.101. The van der Waals surface area contributed by atoms with Crippen LogP contribution in [0.2, 0.25) is 0 Å². The molecule has 1 aromatic carbocycles. The largest absolute Gasteiger partial charge is 0.324 e. The van der Waals surface area contributed by atoms with Crippen molar-refractivity contribution in [1.29, 1.82) is 0 Å². The zero-order valence-electron chi connectivity index (χ0n) is 9.26. The SMILES string of the molecule is C#CC(CC)NC(=O)Nc1ccc(F)cc1F. The smallest absolute Gasteiger partial charge is 0.320 e. The van der Waals surface area contributed by atoms with Gasteiger partial charge in [0.1, 0.15) is 11.6 Å². The van der Waals surface area contributed by atoms with Crippen molar-refractivity contribution >= 4 is 11.7 Å². The third-order valence-electron chi connectivity index (χ3n) is 2.09. The topological polar surface area (TPSA) is 41.1 Å². The van der Waals surface area contributed by atoms with Crippen molar-refractivity contribution in [3.8, 4) is 12.3 Å². The van der Waals surface area contributed by atoms with E-state index in [9.17, 15) is 13.6 Å². The summed E-state index contributed by atoms with van der Waals surface area (Å²) in [6.07, 6.45) is 5.72. The molecule has 0 aliphatic heterocycles. The minimum atomic E-state index is -0.839. The van der Waals surface area contributed by atoms with Crippen LogP contribution in [0.5, 0.6) is 0 Å². The zero-order chi connectivity index (χ0) is 12.8. The summed E-state index contributed by atoms with van der Waals surface area (Å²) in [5.41, 5.74) is -0.101. The van der Waals surface area contributed by atoms with Crippen LogP contribution in [0.15, 0.2) is 18.2 Å². The molecule has 2 amide bonds. The highest BCUT2D eigenvalue weighted by atomic mass is 19.1. The van der Waals surface area contributed by atoms with E-state index < -0.39 is 23.7 Å². The monoisotopic (exact) mass is 238 g/mol.